The fourth-order valence-corrected chi connectivity index (χ4v) is 2.20. The summed E-state index contributed by atoms with van der Waals surface area (Å²) in [6.45, 7) is 1.93. The van der Waals surface area contributed by atoms with Crippen LogP contribution in [0.25, 0.3) is 11.1 Å². The number of benzene rings is 1. The first-order chi connectivity index (χ1) is 8.77. The molecule has 1 N–H and O–H groups in total. The van der Waals surface area contributed by atoms with Gasteiger partial charge in [-0.1, -0.05) is 24.3 Å². The van der Waals surface area contributed by atoms with Gasteiger partial charge in [0, 0.05) is 17.4 Å². The number of nitrogens with zero attached hydrogens (tertiary/aromatic N) is 1. The maximum Gasteiger partial charge on any atom is 0.256 e. The Hall–Kier alpha value is -2.42. The molecule has 18 heavy (non-hydrogen) atoms. The first kappa shape index (κ1) is 10.7. The van der Waals surface area contributed by atoms with Crippen LogP contribution in [0, 0.1) is 0 Å². The van der Waals surface area contributed by atoms with Gasteiger partial charge in [0.15, 0.2) is 0 Å². The fraction of sp³-hybridized carbons (Fsp3) is 0.0667. The predicted molar refractivity (Wildman–Crippen MR) is 71.8 cm³/mol. The fourth-order valence-electron chi connectivity index (χ4n) is 2.20. The van der Waals surface area contributed by atoms with Crippen molar-refractivity contribution in [1.82, 2.24) is 4.98 Å². The van der Waals surface area contributed by atoms with Crippen molar-refractivity contribution in [3.8, 4) is 0 Å². The van der Waals surface area contributed by atoms with Gasteiger partial charge in [-0.3, -0.25) is 9.78 Å². The van der Waals surface area contributed by atoms with Crippen LogP contribution < -0.4 is 5.32 Å². The van der Waals surface area contributed by atoms with Gasteiger partial charge in [0.1, 0.15) is 0 Å². The standard InChI is InChI=1S/C15H12N2O/c1-10(12-7-4-5-9-16-12)14-11-6-2-3-8-13(11)17-15(14)18/h2-9H,1H3,(H,17,18)/b14-10+. The number of para-hydroxylation sites is 1. The van der Waals surface area contributed by atoms with Gasteiger partial charge in [-0.05, 0) is 30.7 Å². The lowest BCUT2D eigenvalue weighted by atomic mass is 10.00. The summed E-state index contributed by atoms with van der Waals surface area (Å²) in [6.07, 6.45) is 1.73. The number of carbonyl (C=O) groups is 1. The Morgan fingerprint density at radius 2 is 1.89 bits per heavy atom. The highest BCUT2D eigenvalue weighted by molar-refractivity contribution is 6.36. The van der Waals surface area contributed by atoms with Gasteiger partial charge in [0.05, 0.1) is 11.3 Å². The lowest BCUT2D eigenvalue weighted by Gasteiger charge is -2.04. The molecule has 1 aliphatic rings. The summed E-state index contributed by atoms with van der Waals surface area (Å²) in [6, 6.07) is 13.4. The summed E-state index contributed by atoms with van der Waals surface area (Å²) in [5, 5.41) is 2.87. The topological polar surface area (TPSA) is 42.0 Å². The largest absolute Gasteiger partial charge is 0.321 e. The van der Waals surface area contributed by atoms with Crippen LogP contribution in [0.3, 0.4) is 0 Å². The third-order valence-electron chi connectivity index (χ3n) is 3.10. The molecule has 0 saturated heterocycles. The van der Waals surface area contributed by atoms with E-state index in [4.69, 9.17) is 0 Å². The van der Waals surface area contributed by atoms with Crippen molar-refractivity contribution < 1.29 is 4.79 Å². The summed E-state index contributed by atoms with van der Waals surface area (Å²) in [4.78, 5) is 16.3. The van der Waals surface area contributed by atoms with Crippen molar-refractivity contribution in [2.45, 2.75) is 6.92 Å². The van der Waals surface area contributed by atoms with E-state index in [1.165, 1.54) is 0 Å². The Kier molecular flexibility index (Phi) is 2.45. The maximum atomic E-state index is 12.0. The number of carbonyl (C=O) groups excluding carboxylic acids is 1. The summed E-state index contributed by atoms with van der Waals surface area (Å²) in [5.74, 6) is -0.0562. The number of pyridine rings is 1. The number of rotatable bonds is 1. The monoisotopic (exact) mass is 236 g/mol. The van der Waals surface area contributed by atoms with Gasteiger partial charge < -0.3 is 5.32 Å². The highest BCUT2D eigenvalue weighted by Gasteiger charge is 2.26. The minimum absolute atomic E-state index is 0.0562. The van der Waals surface area contributed by atoms with E-state index in [2.05, 4.69) is 10.3 Å². The Morgan fingerprint density at radius 3 is 2.67 bits per heavy atom. The molecule has 3 rings (SSSR count). The molecule has 0 saturated carbocycles. The molecule has 3 nitrogen and oxygen atoms in total. The van der Waals surface area contributed by atoms with Crippen molar-refractivity contribution in [2.24, 2.45) is 0 Å². The van der Waals surface area contributed by atoms with Gasteiger partial charge in [-0.25, -0.2) is 0 Å². The van der Waals surface area contributed by atoms with Crippen LogP contribution >= 0.6 is 0 Å². The van der Waals surface area contributed by atoms with Gasteiger partial charge in [0.25, 0.3) is 5.91 Å². The van der Waals surface area contributed by atoms with Crippen LogP contribution in [-0.2, 0) is 4.79 Å². The molecule has 0 unspecified atom stereocenters. The van der Waals surface area contributed by atoms with Crippen LogP contribution in [0.2, 0.25) is 0 Å². The normalized spacial score (nSPS) is 16.2. The molecule has 1 amide bonds. The quantitative estimate of drug-likeness (QED) is 0.773. The molecule has 2 aromatic rings. The highest BCUT2D eigenvalue weighted by Crippen LogP contribution is 2.35. The van der Waals surface area contributed by atoms with Crippen molar-refractivity contribution in [1.29, 1.82) is 0 Å². The summed E-state index contributed by atoms with van der Waals surface area (Å²) < 4.78 is 0. The van der Waals surface area contributed by atoms with Crippen LogP contribution in [0.4, 0.5) is 5.69 Å². The number of fused-ring (bicyclic) bond motifs is 1. The maximum absolute atomic E-state index is 12.0. The molecule has 0 aliphatic carbocycles. The van der Waals surface area contributed by atoms with Gasteiger partial charge in [-0.2, -0.15) is 0 Å². The molecule has 1 aromatic heterocycles. The van der Waals surface area contributed by atoms with Gasteiger partial charge >= 0.3 is 0 Å². The second-order valence-electron chi connectivity index (χ2n) is 4.21. The van der Waals surface area contributed by atoms with Crippen LogP contribution in [0.15, 0.2) is 48.7 Å². The molecule has 0 spiro atoms. The summed E-state index contributed by atoms with van der Waals surface area (Å²) in [5.41, 5.74) is 4.26. The van der Waals surface area contributed by atoms with E-state index < -0.39 is 0 Å². The lowest BCUT2D eigenvalue weighted by Crippen LogP contribution is -2.05. The second-order valence-corrected chi connectivity index (χ2v) is 4.21. The third kappa shape index (κ3) is 1.61. The number of aromatic nitrogens is 1. The smallest absolute Gasteiger partial charge is 0.256 e. The molecule has 0 bridgehead atoms. The van der Waals surface area contributed by atoms with Crippen molar-refractivity contribution >= 4 is 22.7 Å². The molecular weight excluding hydrogens is 224 g/mol. The molecule has 0 fully saturated rings. The van der Waals surface area contributed by atoms with Gasteiger partial charge in [-0.15, -0.1) is 0 Å². The highest BCUT2D eigenvalue weighted by atomic mass is 16.2. The first-order valence-corrected chi connectivity index (χ1v) is 5.80. The summed E-state index contributed by atoms with van der Waals surface area (Å²) in [7, 11) is 0. The molecular formula is C15H12N2O. The van der Waals surface area contributed by atoms with E-state index in [1.54, 1.807) is 6.20 Å². The third-order valence-corrected chi connectivity index (χ3v) is 3.10. The van der Waals surface area contributed by atoms with E-state index in [0.717, 1.165) is 22.5 Å². The molecule has 1 aromatic carbocycles. The lowest BCUT2D eigenvalue weighted by molar-refractivity contribution is -0.110. The van der Waals surface area contributed by atoms with E-state index in [9.17, 15) is 4.79 Å². The Bertz CT molecular complexity index is 645. The van der Waals surface area contributed by atoms with Crippen molar-refractivity contribution in [3.05, 3.63) is 59.9 Å². The van der Waals surface area contributed by atoms with E-state index >= 15 is 0 Å². The molecule has 88 valence electrons. The Labute approximate surface area is 105 Å². The minimum atomic E-state index is -0.0562. The number of hydrogen-bond acceptors (Lipinski definition) is 2. The minimum Gasteiger partial charge on any atom is -0.321 e. The average Bonchev–Trinajstić information content (AvgIpc) is 2.75. The van der Waals surface area contributed by atoms with Crippen molar-refractivity contribution in [3.63, 3.8) is 0 Å². The number of hydrogen-bond donors (Lipinski definition) is 1. The average molecular weight is 236 g/mol. The zero-order chi connectivity index (χ0) is 12.5. The van der Waals surface area contributed by atoms with Crippen molar-refractivity contribution in [2.75, 3.05) is 5.32 Å². The predicted octanol–water partition coefficient (Wildman–Crippen LogP) is 2.96. The number of anilines is 1. The number of nitrogens with one attached hydrogen (secondary N) is 1. The SMILES string of the molecule is C/C(=C1\C(=O)Nc2ccccc21)c1ccccn1. The molecule has 0 radical (unpaired) electrons. The Morgan fingerprint density at radius 1 is 1.11 bits per heavy atom. The van der Waals surface area contributed by atoms with Crippen LogP contribution in [0.1, 0.15) is 18.2 Å². The van der Waals surface area contributed by atoms with Crippen LogP contribution in [-0.4, -0.2) is 10.9 Å². The zero-order valence-electron chi connectivity index (χ0n) is 9.97. The van der Waals surface area contributed by atoms with Gasteiger partial charge in [0.2, 0.25) is 0 Å². The molecule has 3 heteroatoms. The van der Waals surface area contributed by atoms with E-state index in [-0.39, 0.29) is 5.91 Å². The number of amides is 1. The molecule has 2 heterocycles. The first-order valence-electron chi connectivity index (χ1n) is 5.80. The number of allylic oxidation sites excluding steroid dienone is 1. The zero-order valence-corrected chi connectivity index (χ0v) is 9.97. The van der Waals surface area contributed by atoms with E-state index in [1.807, 2.05) is 49.4 Å². The molecule has 0 atom stereocenters. The summed E-state index contributed by atoms with van der Waals surface area (Å²) >= 11 is 0. The van der Waals surface area contributed by atoms with E-state index in [0.29, 0.717) is 5.57 Å². The second kappa shape index (κ2) is 4.11. The van der Waals surface area contributed by atoms with Crippen LogP contribution in [0.5, 0.6) is 0 Å². The molecule has 1 aliphatic heterocycles. The Balaban J connectivity index is 2.20.